The highest BCUT2D eigenvalue weighted by molar-refractivity contribution is 6.31. The number of anilines is 2. The second-order valence-corrected chi connectivity index (χ2v) is 6.18. The number of halogens is 2. The van der Waals surface area contributed by atoms with Gasteiger partial charge in [-0.05, 0) is 43.2 Å². The molecule has 2 amide bonds. The van der Waals surface area contributed by atoms with Gasteiger partial charge in [0, 0.05) is 41.6 Å². The third-order valence-corrected chi connectivity index (χ3v) is 4.66. The van der Waals surface area contributed by atoms with Crippen LogP contribution in [0.25, 0.3) is 0 Å². The Bertz CT molecular complexity index is 766. The molecule has 0 radical (unpaired) electrons. The van der Waals surface area contributed by atoms with Gasteiger partial charge in [-0.3, -0.25) is 0 Å². The number of nitrogens with one attached hydrogen (secondary N) is 2. The molecule has 0 aliphatic carbocycles. The van der Waals surface area contributed by atoms with Crippen LogP contribution in [-0.4, -0.2) is 25.7 Å². The molecule has 0 spiro atoms. The predicted molar refractivity (Wildman–Crippen MR) is 95.5 cm³/mol. The zero-order valence-corrected chi connectivity index (χ0v) is 14.2. The summed E-state index contributed by atoms with van der Waals surface area (Å²) in [5.74, 6) is -0.155. The molecule has 0 saturated carbocycles. The number of rotatable bonds is 4. The van der Waals surface area contributed by atoms with E-state index in [1.165, 1.54) is 6.07 Å². The minimum absolute atomic E-state index is 0.155. The number of hydrogen-bond donors (Lipinski definition) is 2. The van der Waals surface area contributed by atoms with Gasteiger partial charge < -0.3 is 15.5 Å². The lowest BCUT2D eigenvalue weighted by Crippen LogP contribution is -2.36. The lowest BCUT2D eigenvalue weighted by atomic mass is 10.1. The fourth-order valence-corrected chi connectivity index (χ4v) is 3.08. The summed E-state index contributed by atoms with van der Waals surface area (Å²) < 4.78 is 13.7. The molecule has 24 heavy (non-hydrogen) atoms. The Morgan fingerprint density at radius 3 is 2.92 bits per heavy atom. The average molecular weight is 348 g/mol. The van der Waals surface area contributed by atoms with Crippen molar-refractivity contribution in [2.24, 2.45) is 0 Å². The van der Waals surface area contributed by atoms with Crippen LogP contribution in [0, 0.1) is 12.7 Å². The van der Waals surface area contributed by atoms with Crippen molar-refractivity contribution in [3.05, 3.63) is 58.4 Å². The van der Waals surface area contributed by atoms with E-state index in [4.69, 9.17) is 11.6 Å². The number of amides is 2. The molecule has 2 N–H and O–H groups in total. The number of urea groups is 1. The second-order valence-electron chi connectivity index (χ2n) is 5.77. The maximum absolute atomic E-state index is 13.7. The highest BCUT2D eigenvalue weighted by Crippen LogP contribution is 2.29. The fraction of sp³-hybridized carbons (Fsp3) is 0.278. The molecule has 2 aromatic carbocycles. The second kappa shape index (κ2) is 7.09. The van der Waals surface area contributed by atoms with E-state index in [9.17, 15) is 9.18 Å². The first-order valence-electron chi connectivity index (χ1n) is 7.88. The van der Waals surface area contributed by atoms with E-state index >= 15 is 0 Å². The van der Waals surface area contributed by atoms with Crippen LogP contribution in [0.2, 0.25) is 5.02 Å². The lowest BCUT2D eigenvalue weighted by Gasteiger charge is -2.19. The van der Waals surface area contributed by atoms with Crippen LogP contribution < -0.4 is 15.5 Å². The van der Waals surface area contributed by atoms with Crippen molar-refractivity contribution in [1.82, 2.24) is 5.32 Å². The summed E-state index contributed by atoms with van der Waals surface area (Å²) in [6.45, 7) is 3.74. The molecule has 126 valence electrons. The summed E-state index contributed by atoms with van der Waals surface area (Å²) in [6, 6.07) is 10.2. The minimum atomic E-state index is -0.279. The smallest absolute Gasteiger partial charge is 0.319 e. The molecule has 0 unspecified atom stereocenters. The molecular weight excluding hydrogens is 329 g/mol. The summed E-state index contributed by atoms with van der Waals surface area (Å²) in [7, 11) is 0. The number of carbonyl (C=O) groups is 1. The van der Waals surface area contributed by atoms with E-state index in [1.54, 1.807) is 24.3 Å². The number of nitrogens with zero attached hydrogens (tertiary/aromatic N) is 1. The first kappa shape index (κ1) is 16.6. The zero-order chi connectivity index (χ0) is 17.1. The van der Waals surface area contributed by atoms with Gasteiger partial charge in [0.15, 0.2) is 0 Å². The molecule has 1 heterocycles. The maximum atomic E-state index is 13.7. The van der Waals surface area contributed by atoms with Crippen LogP contribution in [-0.2, 0) is 6.42 Å². The van der Waals surface area contributed by atoms with Crippen molar-refractivity contribution in [3.63, 3.8) is 0 Å². The molecule has 0 fully saturated rings. The number of hydrogen-bond acceptors (Lipinski definition) is 2. The van der Waals surface area contributed by atoms with E-state index in [0.717, 1.165) is 23.4 Å². The van der Waals surface area contributed by atoms with Gasteiger partial charge in [-0.1, -0.05) is 23.7 Å². The molecule has 4 nitrogen and oxygen atoms in total. The van der Waals surface area contributed by atoms with Crippen molar-refractivity contribution in [2.45, 2.75) is 13.3 Å². The Kier molecular flexibility index (Phi) is 4.90. The van der Waals surface area contributed by atoms with Crippen molar-refractivity contribution >= 4 is 29.0 Å². The first-order chi connectivity index (χ1) is 11.6. The van der Waals surface area contributed by atoms with Crippen molar-refractivity contribution < 1.29 is 9.18 Å². The van der Waals surface area contributed by atoms with Crippen LogP contribution in [0.5, 0.6) is 0 Å². The van der Waals surface area contributed by atoms with Gasteiger partial charge >= 0.3 is 6.03 Å². The minimum Gasteiger partial charge on any atom is -0.369 e. The van der Waals surface area contributed by atoms with Crippen molar-refractivity contribution in [1.29, 1.82) is 0 Å². The van der Waals surface area contributed by atoms with Gasteiger partial charge in [-0.2, -0.15) is 0 Å². The Balaban J connectivity index is 1.52. The largest absolute Gasteiger partial charge is 0.369 e. The molecule has 3 rings (SSSR count). The normalized spacial score (nSPS) is 12.9. The Labute approximate surface area is 145 Å². The van der Waals surface area contributed by atoms with Crippen LogP contribution in [0.3, 0.4) is 0 Å². The standard InChI is InChI=1S/C18H19ClFN3O/c1-12-14(19)4-2-6-16(12)22-18(24)21-9-11-23-10-8-13-15(20)5-3-7-17(13)23/h2-7H,8-11H2,1H3,(H2,21,22,24). The summed E-state index contributed by atoms with van der Waals surface area (Å²) in [6.07, 6.45) is 0.704. The molecule has 0 aromatic heterocycles. The van der Waals surface area contributed by atoms with Crippen LogP contribution in [0.1, 0.15) is 11.1 Å². The summed E-state index contributed by atoms with van der Waals surface area (Å²) in [5.41, 5.74) is 3.20. The van der Waals surface area contributed by atoms with Gasteiger partial charge in [0.25, 0.3) is 0 Å². The Hall–Kier alpha value is -2.27. The SMILES string of the molecule is Cc1c(Cl)cccc1NC(=O)NCCN1CCc2c(F)cccc21. The van der Waals surface area contributed by atoms with Gasteiger partial charge in [0.2, 0.25) is 0 Å². The number of carbonyl (C=O) groups excluding carboxylic acids is 1. The summed E-state index contributed by atoms with van der Waals surface area (Å²) in [5, 5.41) is 6.23. The quantitative estimate of drug-likeness (QED) is 0.879. The van der Waals surface area contributed by atoms with Gasteiger partial charge in [0.05, 0.1) is 0 Å². The molecule has 0 atom stereocenters. The lowest BCUT2D eigenvalue weighted by molar-refractivity contribution is 0.252. The van der Waals surface area contributed by atoms with Crippen LogP contribution in [0.15, 0.2) is 36.4 Å². The summed E-state index contributed by atoms with van der Waals surface area (Å²) >= 11 is 6.04. The molecule has 0 saturated heterocycles. The predicted octanol–water partition coefficient (Wildman–Crippen LogP) is 3.97. The fourth-order valence-electron chi connectivity index (χ4n) is 2.90. The van der Waals surface area contributed by atoms with E-state index in [0.29, 0.717) is 30.2 Å². The van der Waals surface area contributed by atoms with Crippen LogP contribution >= 0.6 is 11.6 Å². The maximum Gasteiger partial charge on any atom is 0.319 e. The van der Waals surface area contributed by atoms with E-state index in [2.05, 4.69) is 15.5 Å². The highest BCUT2D eigenvalue weighted by Gasteiger charge is 2.21. The molecule has 1 aliphatic heterocycles. The first-order valence-corrected chi connectivity index (χ1v) is 8.26. The zero-order valence-electron chi connectivity index (χ0n) is 13.4. The van der Waals surface area contributed by atoms with E-state index in [1.807, 2.05) is 13.0 Å². The Morgan fingerprint density at radius 1 is 1.29 bits per heavy atom. The molecule has 1 aliphatic rings. The third kappa shape index (κ3) is 3.46. The van der Waals surface area contributed by atoms with Gasteiger partial charge in [-0.25, -0.2) is 9.18 Å². The van der Waals surface area contributed by atoms with Gasteiger partial charge in [0.1, 0.15) is 5.82 Å². The van der Waals surface area contributed by atoms with E-state index < -0.39 is 0 Å². The van der Waals surface area contributed by atoms with Crippen molar-refractivity contribution in [3.8, 4) is 0 Å². The topological polar surface area (TPSA) is 44.4 Å². The van der Waals surface area contributed by atoms with E-state index in [-0.39, 0.29) is 11.8 Å². The number of benzene rings is 2. The highest BCUT2D eigenvalue weighted by atomic mass is 35.5. The molecule has 0 bridgehead atoms. The monoisotopic (exact) mass is 347 g/mol. The van der Waals surface area contributed by atoms with Crippen LogP contribution in [0.4, 0.5) is 20.6 Å². The molecule has 6 heteroatoms. The molecular formula is C18H19ClFN3O. The average Bonchev–Trinajstić information content (AvgIpc) is 2.97. The Morgan fingerprint density at radius 2 is 2.08 bits per heavy atom. The molecule has 2 aromatic rings. The summed E-state index contributed by atoms with van der Waals surface area (Å²) in [4.78, 5) is 14.1. The van der Waals surface area contributed by atoms with Crippen molar-refractivity contribution in [2.75, 3.05) is 29.9 Å². The third-order valence-electron chi connectivity index (χ3n) is 4.25. The number of fused-ring (bicyclic) bond motifs is 1. The van der Waals surface area contributed by atoms with Gasteiger partial charge in [-0.15, -0.1) is 0 Å².